The van der Waals surface area contributed by atoms with Crippen LogP contribution in [-0.4, -0.2) is 140 Å². The Morgan fingerprint density at radius 3 is 1.56 bits per heavy atom. The quantitative estimate of drug-likeness (QED) is 0.0215. The van der Waals surface area contributed by atoms with Gasteiger partial charge in [-0.05, 0) is 57.8 Å². The van der Waals surface area contributed by atoms with Crippen LogP contribution in [-0.2, 0) is 23.7 Å². The maximum absolute atomic E-state index is 13.2. The number of allylic oxidation sites excluding steroid dienone is 9. The Morgan fingerprint density at radius 2 is 1.01 bits per heavy atom. The van der Waals surface area contributed by atoms with Crippen molar-refractivity contribution in [3.05, 3.63) is 60.8 Å². The number of carbonyl (C=O) groups excluding carboxylic acids is 1. The van der Waals surface area contributed by atoms with Gasteiger partial charge in [-0.3, -0.25) is 4.79 Å². The highest BCUT2D eigenvalue weighted by atomic mass is 16.7. The van der Waals surface area contributed by atoms with Gasteiger partial charge in [0.25, 0.3) is 0 Å². The van der Waals surface area contributed by atoms with Crippen molar-refractivity contribution < 1.29 is 64.6 Å². The van der Waals surface area contributed by atoms with Crippen molar-refractivity contribution >= 4 is 5.91 Å². The fourth-order valence-electron chi connectivity index (χ4n) is 8.40. The highest BCUT2D eigenvalue weighted by Gasteiger charge is 2.51. The minimum Gasteiger partial charge on any atom is -0.394 e. The lowest BCUT2D eigenvalue weighted by Gasteiger charge is -2.46. The molecule has 0 bridgehead atoms. The number of ether oxygens (including phenoxy) is 4. The highest BCUT2D eigenvalue weighted by molar-refractivity contribution is 5.76. The Kier molecular flexibility index (Phi) is 36.6. The van der Waals surface area contributed by atoms with E-state index in [4.69, 9.17) is 18.9 Å². The number of rotatable bonds is 40. The topological polar surface area (TPSA) is 228 Å². The zero-order valence-electron chi connectivity index (χ0n) is 41.8. The maximum atomic E-state index is 13.2. The van der Waals surface area contributed by atoms with Crippen molar-refractivity contribution in [3.63, 3.8) is 0 Å². The van der Waals surface area contributed by atoms with Gasteiger partial charge < -0.3 is 65.1 Å². The molecule has 1 amide bonds. The van der Waals surface area contributed by atoms with Gasteiger partial charge in [-0.25, -0.2) is 0 Å². The van der Waals surface area contributed by atoms with Crippen LogP contribution < -0.4 is 5.32 Å². The summed E-state index contributed by atoms with van der Waals surface area (Å²) in [4.78, 5) is 13.2. The van der Waals surface area contributed by atoms with Crippen molar-refractivity contribution in [1.82, 2.24) is 5.32 Å². The van der Waals surface area contributed by atoms with Gasteiger partial charge in [0.05, 0.1) is 32.0 Å². The van der Waals surface area contributed by atoms with Crippen LogP contribution in [0.4, 0.5) is 0 Å². The molecule has 2 heterocycles. The summed E-state index contributed by atoms with van der Waals surface area (Å²) in [5.74, 6) is -0.265. The van der Waals surface area contributed by atoms with E-state index in [0.29, 0.717) is 6.42 Å². The van der Waals surface area contributed by atoms with Gasteiger partial charge in [0.2, 0.25) is 5.91 Å². The lowest BCUT2D eigenvalue weighted by atomic mass is 9.97. The Labute approximate surface area is 409 Å². The summed E-state index contributed by atoms with van der Waals surface area (Å²) in [6, 6.07) is -0.929. The molecular weight excluding hydrogens is 871 g/mol. The van der Waals surface area contributed by atoms with Crippen LogP contribution in [0, 0.1) is 0 Å². The summed E-state index contributed by atoms with van der Waals surface area (Å²) < 4.78 is 22.7. The Bertz CT molecular complexity index is 1370. The van der Waals surface area contributed by atoms with E-state index in [9.17, 15) is 45.6 Å². The number of hydrogen-bond acceptors (Lipinski definition) is 13. The number of unbranched alkanes of at least 4 members (excludes halogenated alkanes) is 19. The second kappa shape index (κ2) is 40.3. The van der Waals surface area contributed by atoms with Gasteiger partial charge in [-0.2, -0.15) is 0 Å². The second-order valence-electron chi connectivity index (χ2n) is 18.6. The first-order chi connectivity index (χ1) is 33.1. The van der Waals surface area contributed by atoms with Crippen LogP contribution in [0.2, 0.25) is 0 Å². The standard InChI is InChI=1S/C54H95NO13/c1-3-5-7-9-11-13-15-17-19-21-23-25-27-29-31-33-35-37-43(58)42(55-46(59)38-36-34-32-30-28-26-24-22-20-18-16-14-12-10-8-6-4-2)41-65-53-51(64)49(62)52(45(40-57)67-53)68-54-50(63)48(61)47(60)44(39-56)66-54/h6,8,12,14,18,20,24,26,35,37,42-45,47-54,56-58,60-64H,3-5,7,9-11,13,15-17,19,21-23,25,27-34,36,38-41H2,1-2H3,(H,55,59)/b8-6-,14-12-,20-18-,26-24-,37-35+. The summed E-state index contributed by atoms with van der Waals surface area (Å²) in [6.07, 6.45) is 32.5. The molecule has 9 N–H and O–H groups in total. The van der Waals surface area contributed by atoms with Gasteiger partial charge in [0.1, 0.15) is 48.8 Å². The SMILES string of the molecule is CC/C=C\C/C=C\C/C=C\C/C=C\CCCCCCC(=O)NC(COC1OC(CO)C(OC2OC(CO)C(O)C(O)C2O)C(O)C1O)C(O)/C=C/CCCCCCCCCCCCCCCCC. The predicted molar refractivity (Wildman–Crippen MR) is 267 cm³/mol. The largest absolute Gasteiger partial charge is 0.394 e. The molecular formula is C54H95NO13. The second-order valence-corrected chi connectivity index (χ2v) is 18.6. The van der Waals surface area contributed by atoms with E-state index in [1.807, 2.05) is 6.08 Å². The smallest absolute Gasteiger partial charge is 0.220 e. The molecule has 2 aliphatic heterocycles. The average molecular weight is 966 g/mol. The third-order valence-electron chi connectivity index (χ3n) is 12.7. The van der Waals surface area contributed by atoms with Gasteiger partial charge >= 0.3 is 0 Å². The molecule has 14 nitrogen and oxygen atoms in total. The monoisotopic (exact) mass is 966 g/mol. The zero-order chi connectivity index (χ0) is 49.6. The van der Waals surface area contributed by atoms with E-state index < -0.39 is 86.8 Å². The molecule has 2 rings (SSSR count). The Balaban J connectivity index is 1.85. The third-order valence-corrected chi connectivity index (χ3v) is 12.7. The van der Waals surface area contributed by atoms with E-state index in [2.05, 4.69) is 67.8 Å². The van der Waals surface area contributed by atoms with Crippen LogP contribution in [0.25, 0.3) is 0 Å². The van der Waals surface area contributed by atoms with Gasteiger partial charge in [-0.1, -0.05) is 177 Å². The van der Waals surface area contributed by atoms with Crippen LogP contribution in [0.1, 0.15) is 181 Å². The molecule has 0 saturated carbocycles. The molecule has 0 aliphatic carbocycles. The van der Waals surface area contributed by atoms with Crippen LogP contribution in [0.3, 0.4) is 0 Å². The molecule has 0 aromatic carbocycles. The van der Waals surface area contributed by atoms with E-state index in [1.54, 1.807) is 6.08 Å². The summed E-state index contributed by atoms with van der Waals surface area (Å²) in [7, 11) is 0. The van der Waals surface area contributed by atoms with Crippen molar-refractivity contribution in [2.45, 2.75) is 254 Å². The molecule has 394 valence electrons. The molecule has 12 unspecified atom stereocenters. The van der Waals surface area contributed by atoms with Gasteiger partial charge in [0, 0.05) is 6.42 Å². The highest BCUT2D eigenvalue weighted by Crippen LogP contribution is 2.30. The van der Waals surface area contributed by atoms with Gasteiger partial charge in [-0.15, -0.1) is 0 Å². The van der Waals surface area contributed by atoms with Crippen LogP contribution in [0.5, 0.6) is 0 Å². The molecule has 12 atom stereocenters. The minimum atomic E-state index is -1.79. The number of aliphatic hydroxyl groups is 8. The maximum Gasteiger partial charge on any atom is 0.220 e. The molecule has 0 radical (unpaired) electrons. The molecule has 0 aromatic rings. The number of aliphatic hydroxyl groups excluding tert-OH is 8. The third kappa shape index (κ3) is 26.8. The summed E-state index contributed by atoms with van der Waals surface area (Å²) in [6.45, 7) is 2.65. The zero-order valence-corrected chi connectivity index (χ0v) is 41.8. The molecule has 2 fully saturated rings. The Hall–Kier alpha value is -2.31. The van der Waals surface area contributed by atoms with Crippen molar-refractivity contribution in [2.24, 2.45) is 0 Å². The first kappa shape index (κ1) is 61.8. The molecule has 2 aliphatic rings. The lowest BCUT2D eigenvalue weighted by molar-refractivity contribution is -0.359. The lowest BCUT2D eigenvalue weighted by Crippen LogP contribution is -2.65. The van der Waals surface area contributed by atoms with Crippen LogP contribution in [0.15, 0.2) is 60.8 Å². The number of hydrogen-bond donors (Lipinski definition) is 9. The van der Waals surface area contributed by atoms with E-state index >= 15 is 0 Å². The average Bonchev–Trinajstić information content (AvgIpc) is 3.34. The van der Waals surface area contributed by atoms with Crippen molar-refractivity contribution in [2.75, 3.05) is 19.8 Å². The summed E-state index contributed by atoms with van der Waals surface area (Å²) >= 11 is 0. The fourth-order valence-corrected chi connectivity index (χ4v) is 8.40. The molecule has 68 heavy (non-hydrogen) atoms. The number of amides is 1. The Morgan fingerprint density at radius 1 is 0.544 bits per heavy atom. The normalized spacial score (nSPS) is 26.9. The first-order valence-corrected chi connectivity index (χ1v) is 26.5. The summed E-state index contributed by atoms with van der Waals surface area (Å²) in [5.41, 5.74) is 0. The van der Waals surface area contributed by atoms with Crippen molar-refractivity contribution in [3.8, 4) is 0 Å². The molecule has 2 saturated heterocycles. The molecule has 14 heteroatoms. The fraction of sp³-hybridized carbons (Fsp3) is 0.796. The number of nitrogens with one attached hydrogen (secondary N) is 1. The molecule has 0 aromatic heterocycles. The van der Waals surface area contributed by atoms with E-state index in [1.165, 1.54) is 83.5 Å². The predicted octanol–water partition coefficient (Wildman–Crippen LogP) is 7.44. The first-order valence-electron chi connectivity index (χ1n) is 26.5. The minimum absolute atomic E-state index is 0.251. The van der Waals surface area contributed by atoms with E-state index in [-0.39, 0.29) is 18.9 Å². The van der Waals surface area contributed by atoms with E-state index in [0.717, 1.165) is 70.6 Å². The van der Waals surface area contributed by atoms with Crippen molar-refractivity contribution in [1.29, 1.82) is 0 Å². The number of carbonyl (C=O) groups is 1. The summed E-state index contributed by atoms with van der Waals surface area (Å²) in [5, 5.41) is 86.8. The van der Waals surface area contributed by atoms with Crippen LogP contribution >= 0.6 is 0 Å². The molecule has 0 spiro atoms. The van der Waals surface area contributed by atoms with Gasteiger partial charge in [0.15, 0.2) is 12.6 Å².